The van der Waals surface area contributed by atoms with E-state index in [1.165, 1.54) is 43.0 Å². The Morgan fingerprint density at radius 1 is 1.12 bits per heavy atom. The molecule has 1 atom stereocenters. The average molecular weight is 445 g/mol. The maximum atomic E-state index is 14.1. The molecule has 1 N–H and O–H groups in total. The fourth-order valence-corrected chi connectivity index (χ4v) is 3.66. The van der Waals surface area contributed by atoms with Crippen LogP contribution in [-0.2, 0) is 12.0 Å². The van der Waals surface area contributed by atoms with Crippen LogP contribution in [0.1, 0.15) is 49.4 Å². The third kappa shape index (κ3) is 5.93. The van der Waals surface area contributed by atoms with Crippen LogP contribution in [0.5, 0.6) is 5.75 Å². The molecular formula is C27H31F3O2. The Morgan fingerprint density at radius 3 is 2.34 bits per heavy atom. The predicted molar refractivity (Wildman–Crippen MR) is 123 cm³/mol. The second-order valence-electron chi connectivity index (χ2n) is 8.29. The number of halogens is 3. The molecule has 0 saturated carbocycles. The molecule has 0 bridgehead atoms. The molecule has 5 heteroatoms. The quantitative estimate of drug-likeness (QED) is 0.349. The van der Waals surface area contributed by atoms with E-state index >= 15 is 0 Å². The van der Waals surface area contributed by atoms with Gasteiger partial charge < -0.3 is 9.84 Å². The minimum Gasteiger partial charge on any atom is -0.496 e. The highest BCUT2D eigenvalue weighted by atomic mass is 19.4. The summed E-state index contributed by atoms with van der Waals surface area (Å²) in [5, 5.41) is 10.9. The zero-order chi connectivity index (χ0) is 23.9. The maximum absolute atomic E-state index is 14.1. The molecule has 0 heterocycles. The van der Waals surface area contributed by atoms with Crippen molar-refractivity contribution in [2.45, 2.75) is 52.3 Å². The number of aryl methyl sites for hydroxylation is 1. The van der Waals surface area contributed by atoms with Gasteiger partial charge in [-0.15, -0.1) is 5.73 Å². The molecule has 2 rings (SSSR count). The largest absolute Gasteiger partial charge is 0.496 e. The van der Waals surface area contributed by atoms with Crippen molar-refractivity contribution in [1.82, 2.24) is 0 Å². The highest BCUT2D eigenvalue weighted by Gasteiger charge is 2.57. The second-order valence-corrected chi connectivity index (χ2v) is 8.29. The first-order valence-corrected chi connectivity index (χ1v) is 10.6. The second kappa shape index (κ2) is 10.7. The van der Waals surface area contributed by atoms with Gasteiger partial charge in [-0.3, -0.25) is 0 Å². The minimum atomic E-state index is -4.93. The lowest BCUT2D eigenvalue weighted by Crippen LogP contribution is -2.43. The van der Waals surface area contributed by atoms with Crippen LogP contribution < -0.4 is 4.74 Å². The summed E-state index contributed by atoms with van der Waals surface area (Å²) in [6.07, 6.45) is 2.33. The lowest BCUT2D eigenvalue weighted by atomic mass is 9.83. The number of hydrogen-bond acceptors (Lipinski definition) is 2. The lowest BCUT2D eigenvalue weighted by molar-refractivity contribution is -0.248. The molecule has 1 unspecified atom stereocenters. The number of rotatable bonds is 8. The molecule has 0 spiro atoms. The molecule has 2 aromatic rings. The molecule has 32 heavy (non-hydrogen) atoms. The molecule has 0 amide bonds. The van der Waals surface area contributed by atoms with E-state index in [4.69, 9.17) is 4.74 Å². The van der Waals surface area contributed by atoms with Crippen molar-refractivity contribution in [2.75, 3.05) is 7.11 Å². The Kier molecular flexibility index (Phi) is 8.54. The molecule has 0 aliphatic carbocycles. The molecule has 0 aromatic heterocycles. The summed E-state index contributed by atoms with van der Waals surface area (Å²) in [6, 6.07) is 9.99. The van der Waals surface area contributed by atoms with E-state index in [9.17, 15) is 18.3 Å². The normalized spacial score (nSPS) is 14.0. The Morgan fingerprint density at radius 2 is 1.78 bits per heavy atom. The van der Waals surface area contributed by atoms with E-state index in [0.29, 0.717) is 17.9 Å². The van der Waals surface area contributed by atoms with Crippen molar-refractivity contribution in [2.24, 2.45) is 5.92 Å². The minimum absolute atomic E-state index is 0.0117. The number of aliphatic hydroxyl groups is 1. The van der Waals surface area contributed by atoms with E-state index in [1.807, 2.05) is 12.2 Å². The van der Waals surface area contributed by atoms with Gasteiger partial charge in [-0.1, -0.05) is 55.8 Å². The summed E-state index contributed by atoms with van der Waals surface area (Å²) in [4.78, 5) is 0. The molecule has 172 valence electrons. The highest BCUT2D eigenvalue weighted by Crippen LogP contribution is 2.47. The van der Waals surface area contributed by atoms with Gasteiger partial charge in [-0.05, 0) is 73.6 Å². The van der Waals surface area contributed by atoms with Gasteiger partial charge in [0, 0.05) is 5.56 Å². The monoisotopic (exact) mass is 444 g/mol. The summed E-state index contributed by atoms with van der Waals surface area (Å²) >= 11 is 0. The van der Waals surface area contributed by atoms with Crippen molar-refractivity contribution in [3.63, 3.8) is 0 Å². The topological polar surface area (TPSA) is 29.5 Å². The van der Waals surface area contributed by atoms with E-state index in [1.54, 1.807) is 19.1 Å². The van der Waals surface area contributed by atoms with Gasteiger partial charge in [0.1, 0.15) is 5.75 Å². The zero-order valence-corrected chi connectivity index (χ0v) is 19.3. The summed E-state index contributed by atoms with van der Waals surface area (Å²) in [7, 11) is 1.30. The number of ether oxygens (including phenoxy) is 1. The molecular weight excluding hydrogens is 413 g/mol. The average Bonchev–Trinajstić information content (AvgIpc) is 2.73. The first-order valence-electron chi connectivity index (χ1n) is 10.6. The molecule has 0 radical (unpaired) electrons. The molecule has 2 nitrogen and oxygen atoms in total. The number of allylic oxidation sites excluding steroid dienone is 3. The van der Waals surface area contributed by atoms with Gasteiger partial charge in [0.05, 0.1) is 7.11 Å². The molecule has 0 saturated heterocycles. The van der Waals surface area contributed by atoms with Crippen LogP contribution in [0.3, 0.4) is 0 Å². The van der Waals surface area contributed by atoms with Crippen LogP contribution in [0, 0.1) is 12.8 Å². The molecule has 0 aliphatic rings. The SMILES string of the molecule is COc1cc(CC=C=CCC(C)=CC(C)C)c(C)cc1C(O)(c1ccccc1)C(F)(F)F. The Hall–Kier alpha value is -2.75. The first-order chi connectivity index (χ1) is 15.0. The van der Waals surface area contributed by atoms with Gasteiger partial charge in [-0.2, -0.15) is 13.2 Å². The summed E-state index contributed by atoms with van der Waals surface area (Å²) in [5.41, 5.74) is 2.07. The molecule has 0 aliphatic heterocycles. The van der Waals surface area contributed by atoms with Crippen LogP contribution in [0.4, 0.5) is 13.2 Å². The van der Waals surface area contributed by atoms with E-state index in [-0.39, 0.29) is 16.9 Å². The smallest absolute Gasteiger partial charge is 0.425 e. The number of methoxy groups -OCH3 is 1. The molecule has 2 aromatic carbocycles. The van der Waals surface area contributed by atoms with Crippen molar-refractivity contribution in [3.05, 3.63) is 94.3 Å². The zero-order valence-electron chi connectivity index (χ0n) is 19.3. The summed E-state index contributed by atoms with van der Waals surface area (Å²) in [6.45, 7) is 8.05. The summed E-state index contributed by atoms with van der Waals surface area (Å²) in [5.74, 6) is 0.481. The molecule has 0 fully saturated rings. The van der Waals surface area contributed by atoms with Crippen LogP contribution in [0.15, 0.2) is 72.0 Å². The van der Waals surface area contributed by atoms with Crippen molar-refractivity contribution < 1.29 is 23.0 Å². The van der Waals surface area contributed by atoms with Crippen molar-refractivity contribution in [1.29, 1.82) is 0 Å². The van der Waals surface area contributed by atoms with E-state index < -0.39 is 11.8 Å². The van der Waals surface area contributed by atoms with Gasteiger partial charge >= 0.3 is 6.18 Å². The fraction of sp³-hybridized carbons (Fsp3) is 0.370. The van der Waals surface area contributed by atoms with Crippen molar-refractivity contribution >= 4 is 0 Å². The number of alkyl halides is 3. The lowest BCUT2D eigenvalue weighted by Gasteiger charge is -2.33. The van der Waals surface area contributed by atoms with Gasteiger partial charge in [0.15, 0.2) is 0 Å². The first kappa shape index (κ1) is 25.5. The third-order valence-corrected chi connectivity index (χ3v) is 5.25. The third-order valence-electron chi connectivity index (χ3n) is 5.25. The Bertz CT molecular complexity index is 998. The van der Waals surface area contributed by atoms with Gasteiger partial charge in [0.2, 0.25) is 5.60 Å². The van der Waals surface area contributed by atoms with E-state index in [2.05, 4.69) is 32.6 Å². The standard InChI is InChI=1S/C27H31F3O2/c1-19(2)16-20(3)12-8-6-9-13-22-18-25(32-5)24(17-21(22)4)26(31,27(28,29)30)23-14-10-7-11-15-23/h7-11,14-19,31H,12-13H2,1-5H3. The van der Waals surface area contributed by atoms with Crippen LogP contribution >= 0.6 is 0 Å². The number of hydrogen-bond donors (Lipinski definition) is 1. The van der Waals surface area contributed by atoms with Crippen molar-refractivity contribution in [3.8, 4) is 5.75 Å². The summed E-state index contributed by atoms with van der Waals surface area (Å²) < 4.78 is 47.7. The predicted octanol–water partition coefficient (Wildman–Crippen LogP) is 7.05. The van der Waals surface area contributed by atoms with E-state index in [0.717, 1.165) is 12.0 Å². The van der Waals surface area contributed by atoms with Gasteiger partial charge in [0.25, 0.3) is 0 Å². The van der Waals surface area contributed by atoms with Gasteiger partial charge in [-0.25, -0.2) is 0 Å². The van der Waals surface area contributed by atoms with Crippen LogP contribution in [-0.4, -0.2) is 18.4 Å². The Labute approximate surface area is 188 Å². The Balaban J connectivity index is 2.40. The fourth-order valence-electron chi connectivity index (χ4n) is 3.66. The highest BCUT2D eigenvalue weighted by molar-refractivity contribution is 5.51. The van der Waals surface area contributed by atoms with Crippen LogP contribution in [0.2, 0.25) is 0 Å². The maximum Gasteiger partial charge on any atom is 0.425 e. The van der Waals surface area contributed by atoms with Crippen LogP contribution in [0.25, 0.3) is 0 Å². The number of benzene rings is 2.